The van der Waals surface area contributed by atoms with E-state index < -0.39 is 11.6 Å². The Hall–Kier alpha value is -3.48. The summed E-state index contributed by atoms with van der Waals surface area (Å²) in [5.74, 6) is -0.362. The summed E-state index contributed by atoms with van der Waals surface area (Å²) in [5, 5.41) is 3.12. The van der Waals surface area contributed by atoms with E-state index in [0.29, 0.717) is 22.2 Å². The van der Waals surface area contributed by atoms with Gasteiger partial charge >= 0.3 is 5.69 Å². The first-order chi connectivity index (χ1) is 13.8. The van der Waals surface area contributed by atoms with Crippen LogP contribution in [0.3, 0.4) is 0 Å². The third kappa shape index (κ3) is 4.34. The summed E-state index contributed by atoms with van der Waals surface area (Å²) in [7, 11) is 0. The number of para-hydroxylation sites is 1. The molecule has 0 atom stereocenters. The molecule has 29 heavy (non-hydrogen) atoms. The lowest BCUT2D eigenvalue weighted by Crippen LogP contribution is -2.42. The van der Waals surface area contributed by atoms with Crippen LogP contribution in [0.25, 0.3) is 10.9 Å². The molecule has 0 saturated carbocycles. The molecule has 0 saturated heterocycles. The van der Waals surface area contributed by atoms with E-state index in [4.69, 9.17) is 0 Å². The van der Waals surface area contributed by atoms with Crippen LogP contribution in [-0.2, 0) is 17.9 Å². The minimum atomic E-state index is -0.510. The molecule has 0 aliphatic carbocycles. The molecule has 0 radical (unpaired) electrons. The number of hydrogen-bond donors (Lipinski definition) is 1. The molecule has 1 heterocycles. The summed E-state index contributed by atoms with van der Waals surface area (Å²) in [6.07, 6.45) is 0. The van der Waals surface area contributed by atoms with E-state index in [1.807, 2.05) is 13.8 Å². The smallest absolute Gasteiger partial charge is 0.325 e. The first kappa shape index (κ1) is 20.3. The number of rotatable bonds is 6. The van der Waals surface area contributed by atoms with Crippen molar-refractivity contribution in [3.63, 3.8) is 0 Å². The van der Waals surface area contributed by atoms with Crippen LogP contribution >= 0.6 is 0 Å². The van der Waals surface area contributed by atoms with Crippen molar-refractivity contribution in [1.82, 2.24) is 9.13 Å². The van der Waals surface area contributed by atoms with Gasteiger partial charge in [0, 0.05) is 17.8 Å². The highest BCUT2D eigenvalue weighted by atomic mass is 16.2. The van der Waals surface area contributed by atoms with Crippen LogP contribution in [0.4, 0.5) is 5.69 Å². The van der Waals surface area contributed by atoms with Crippen LogP contribution in [0.1, 0.15) is 31.1 Å². The molecule has 0 aliphatic rings. The number of benzene rings is 2. The van der Waals surface area contributed by atoms with E-state index in [1.165, 1.54) is 16.1 Å². The van der Waals surface area contributed by atoms with Gasteiger partial charge in [-0.15, -0.1) is 0 Å². The summed E-state index contributed by atoms with van der Waals surface area (Å²) in [5.41, 5.74) is 0.628. The summed E-state index contributed by atoms with van der Waals surface area (Å²) in [4.78, 5) is 49.6. The lowest BCUT2D eigenvalue weighted by molar-refractivity contribution is -0.116. The zero-order chi connectivity index (χ0) is 21.1. The number of ketones is 1. The number of Topliss-reactive ketones (excluding diaryl/α,β-unsaturated/α-hetero) is 1. The Morgan fingerprint density at radius 3 is 2.24 bits per heavy atom. The standard InChI is InChI=1S/C22H23N3O4/c1-14(2)12-25-21(28)18-6-4-5-7-19(18)24(22(25)29)13-20(27)23-17-10-8-16(9-11-17)15(3)26/h4-11,14H,12-13H2,1-3H3,(H,23,27). The largest absolute Gasteiger partial charge is 0.331 e. The fourth-order valence-electron chi connectivity index (χ4n) is 3.18. The number of aromatic nitrogens is 2. The molecule has 3 aromatic rings. The number of carbonyl (C=O) groups is 2. The summed E-state index contributed by atoms with van der Waals surface area (Å²) in [6, 6.07) is 13.3. The van der Waals surface area contributed by atoms with Gasteiger partial charge in [-0.25, -0.2) is 4.79 Å². The van der Waals surface area contributed by atoms with Crippen molar-refractivity contribution >= 4 is 28.3 Å². The van der Waals surface area contributed by atoms with Gasteiger partial charge in [-0.05, 0) is 49.2 Å². The Morgan fingerprint density at radius 1 is 0.966 bits per heavy atom. The van der Waals surface area contributed by atoms with Crippen LogP contribution in [-0.4, -0.2) is 20.8 Å². The number of hydrogen-bond acceptors (Lipinski definition) is 4. The van der Waals surface area contributed by atoms with Crippen molar-refractivity contribution in [1.29, 1.82) is 0 Å². The van der Waals surface area contributed by atoms with Crippen molar-refractivity contribution in [3.05, 3.63) is 74.9 Å². The van der Waals surface area contributed by atoms with Crippen molar-refractivity contribution in [2.75, 3.05) is 5.32 Å². The number of nitrogens with one attached hydrogen (secondary N) is 1. The lowest BCUT2D eigenvalue weighted by Gasteiger charge is -2.15. The van der Waals surface area contributed by atoms with Gasteiger partial charge < -0.3 is 5.32 Å². The Morgan fingerprint density at radius 2 is 1.62 bits per heavy atom. The predicted octanol–water partition coefficient (Wildman–Crippen LogP) is 2.66. The number of fused-ring (bicyclic) bond motifs is 1. The van der Waals surface area contributed by atoms with E-state index in [0.717, 1.165) is 0 Å². The molecule has 3 rings (SSSR count). The Bertz CT molecular complexity index is 1190. The minimum absolute atomic E-state index is 0.0618. The molecule has 1 aromatic heterocycles. The number of amides is 1. The summed E-state index contributed by atoms with van der Waals surface area (Å²) < 4.78 is 2.50. The lowest BCUT2D eigenvalue weighted by atomic mass is 10.1. The number of nitrogens with zero attached hydrogens (tertiary/aromatic N) is 2. The summed E-state index contributed by atoms with van der Waals surface area (Å²) >= 11 is 0. The fraction of sp³-hybridized carbons (Fsp3) is 0.273. The molecule has 7 nitrogen and oxygen atoms in total. The van der Waals surface area contributed by atoms with Gasteiger partial charge in [0.05, 0.1) is 10.9 Å². The Balaban J connectivity index is 1.96. The van der Waals surface area contributed by atoms with E-state index in [1.54, 1.807) is 48.5 Å². The quantitative estimate of drug-likeness (QED) is 0.652. The van der Waals surface area contributed by atoms with Gasteiger partial charge in [0.1, 0.15) is 6.54 Å². The highest BCUT2D eigenvalue weighted by Gasteiger charge is 2.16. The van der Waals surface area contributed by atoms with Crippen molar-refractivity contribution in [3.8, 4) is 0 Å². The van der Waals surface area contributed by atoms with Gasteiger partial charge in [0.15, 0.2) is 5.78 Å². The maximum Gasteiger partial charge on any atom is 0.331 e. The molecular formula is C22H23N3O4. The molecule has 0 unspecified atom stereocenters. The van der Waals surface area contributed by atoms with Gasteiger partial charge in [-0.2, -0.15) is 0 Å². The van der Waals surface area contributed by atoms with Gasteiger partial charge in [0.2, 0.25) is 5.91 Å². The highest BCUT2D eigenvalue weighted by molar-refractivity contribution is 5.95. The molecule has 0 spiro atoms. The molecule has 1 amide bonds. The average Bonchev–Trinajstić information content (AvgIpc) is 2.68. The van der Waals surface area contributed by atoms with Crippen LogP contribution in [0, 0.1) is 5.92 Å². The third-order valence-electron chi connectivity index (χ3n) is 4.56. The van der Waals surface area contributed by atoms with Crippen LogP contribution < -0.4 is 16.6 Å². The second-order valence-electron chi connectivity index (χ2n) is 7.38. The van der Waals surface area contributed by atoms with Crippen LogP contribution in [0.5, 0.6) is 0 Å². The average molecular weight is 393 g/mol. The van der Waals surface area contributed by atoms with Crippen molar-refractivity contribution < 1.29 is 9.59 Å². The normalized spacial score (nSPS) is 11.0. The Labute approximate surface area is 167 Å². The van der Waals surface area contributed by atoms with Crippen molar-refractivity contribution in [2.45, 2.75) is 33.9 Å². The Kier molecular flexibility index (Phi) is 5.77. The maximum absolute atomic E-state index is 13.0. The molecule has 0 bridgehead atoms. The van der Waals surface area contributed by atoms with Gasteiger partial charge in [-0.3, -0.25) is 23.5 Å². The number of carbonyl (C=O) groups excluding carboxylic acids is 2. The zero-order valence-electron chi connectivity index (χ0n) is 16.6. The topological polar surface area (TPSA) is 90.2 Å². The molecule has 1 N–H and O–H groups in total. The molecule has 2 aromatic carbocycles. The molecule has 0 aliphatic heterocycles. The van der Waals surface area contributed by atoms with Gasteiger partial charge in [-0.1, -0.05) is 26.0 Å². The molecule has 0 fully saturated rings. The maximum atomic E-state index is 13.0. The highest BCUT2D eigenvalue weighted by Crippen LogP contribution is 2.12. The van der Waals surface area contributed by atoms with Gasteiger partial charge in [0.25, 0.3) is 5.56 Å². The predicted molar refractivity (Wildman–Crippen MR) is 112 cm³/mol. The first-order valence-electron chi connectivity index (χ1n) is 9.41. The van der Waals surface area contributed by atoms with Crippen LogP contribution in [0.15, 0.2) is 58.1 Å². The molecule has 7 heteroatoms. The molecule has 150 valence electrons. The monoisotopic (exact) mass is 393 g/mol. The number of anilines is 1. The second-order valence-corrected chi connectivity index (χ2v) is 7.38. The van der Waals surface area contributed by atoms with E-state index in [-0.39, 0.29) is 30.3 Å². The molecular weight excluding hydrogens is 370 g/mol. The van der Waals surface area contributed by atoms with Crippen LogP contribution in [0.2, 0.25) is 0 Å². The SMILES string of the molecule is CC(=O)c1ccc(NC(=O)Cn2c(=O)n(CC(C)C)c(=O)c3ccccc32)cc1. The first-order valence-corrected chi connectivity index (χ1v) is 9.41. The fourth-order valence-corrected chi connectivity index (χ4v) is 3.18. The van der Waals surface area contributed by atoms with E-state index >= 15 is 0 Å². The van der Waals surface area contributed by atoms with Crippen molar-refractivity contribution in [2.24, 2.45) is 5.92 Å². The van der Waals surface area contributed by atoms with E-state index in [9.17, 15) is 19.2 Å². The second kappa shape index (κ2) is 8.26. The summed E-state index contributed by atoms with van der Waals surface area (Å²) in [6.45, 7) is 5.35. The minimum Gasteiger partial charge on any atom is -0.325 e. The van der Waals surface area contributed by atoms with E-state index in [2.05, 4.69) is 5.32 Å². The third-order valence-corrected chi connectivity index (χ3v) is 4.56. The zero-order valence-corrected chi connectivity index (χ0v) is 16.6.